The minimum atomic E-state index is -0.767. The molecule has 1 aromatic rings. The fourth-order valence-corrected chi connectivity index (χ4v) is 1.45. The molecule has 0 unspecified atom stereocenters. The van der Waals surface area contributed by atoms with E-state index in [0.29, 0.717) is 12.8 Å². The molecule has 4 nitrogen and oxygen atoms in total. The molecule has 1 rings (SSSR count). The fraction of sp³-hybridized carbons (Fsp3) is 0.385. The van der Waals surface area contributed by atoms with Crippen molar-refractivity contribution in [3.63, 3.8) is 0 Å². The smallest absolute Gasteiger partial charge is 0.303 e. The lowest BCUT2D eigenvalue weighted by Gasteiger charge is -2.05. The molecule has 0 aliphatic rings. The van der Waals surface area contributed by atoms with E-state index in [1.54, 1.807) is 6.92 Å². The third kappa shape index (κ3) is 5.15. The van der Waals surface area contributed by atoms with E-state index in [1.807, 2.05) is 24.3 Å². The minimum Gasteiger partial charge on any atom is -0.481 e. The Bertz CT molecular complexity index is 384. The molecule has 92 valence electrons. The van der Waals surface area contributed by atoms with Crippen LogP contribution in [0.2, 0.25) is 0 Å². The molecule has 0 saturated heterocycles. The van der Waals surface area contributed by atoms with Crippen LogP contribution in [-0.4, -0.2) is 17.0 Å². The summed E-state index contributed by atoms with van der Waals surface area (Å²) in [4.78, 5) is 21.5. The van der Waals surface area contributed by atoms with Gasteiger partial charge in [0.05, 0.1) is 0 Å². The van der Waals surface area contributed by atoms with Crippen LogP contribution in [0.15, 0.2) is 24.3 Å². The highest BCUT2D eigenvalue weighted by Gasteiger charge is 2.00. The fourth-order valence-electron chi connectivity index (χ4n) is 1.45. The molecule has 0 aromatic heterocycles. The number of aryl methyl sites for hydroxylation is 1. The number of amides is 1. The van der Waals surface area contributed by atoms with Gasteiger partial charge in [-0.25, -0.2) is 0 Å². The number of nitrogens with one attached hydrogen (secondary N) is 1. The maximum atomic E-state index is 11.1. The number of benzene rings is 1. The average molecular weight is 235 g/mol. The van der Waals surface area contributed by atoms with Crippen molar-refractivity contribution < 1.29 is 14.7 Å². The molecule has 0 aliphatic heterocycles. The molecule has 0 atom stereocenters. The number of anilines is 1. The Balaban J connectivity index is 2.44. The number of carboxylic acid groups (broad SMARTS) is 1. The normalized spacial score (nSPS) is 9.94. The summed E-state index contributed by atoms with van der Waals surface area (Å²) in [6.45, 7) is 1.80. The summed E-state index contributed by atoms with van der Waals surface area (Å²) in [7, 11) is 0. The largest absolute Gasteiger partial charge is 0.481 e. The van der Waals surface area contributed by atoms with Crippen LogP contribution in [0.5, 0.6) is 0 Å². The monoisotopic (exact) mass is 235 g/mol. The van der Waals surface area contributed by atoms with Crippen LogP contribution >= 0.6 is 0 Å². The standard InChI is InChI=1S/C13H17NO3/c1-2-12(15)14-11-8-6-10(7-9-11)4-3-5-13(16)17/h6-9H,2-5H2,1H3,(H,14,15)(H,16,17). The number of carbonyl (C=O) groups excluding carboxylic acids is 1. The van der Waals surface area contributed by atoms with Crippen molar-refractivity contribution in [1.29, 1.82) is 0 Å². The van der Waals surface area contributed by atoms with Gasteiger partial charge >= 0.3 is 5.97 Å². The van der Waals surface area contributed by atoms with Gasteiger partial charge in [0, 0.05) is 18.5 Å². The summed E-state index contributed by atoms with van der Waals surface area (Å²) in [6, 6.07) is 7.49. The van der Waals surface area contributed by atoms with Crippen LogP contribution in [0.25, 0.3) is 0 Å². The molecule has 1 amide bonds. The first-order chi connectivity index (χ1) is 8.11. The Morgan fingerprint density at radius 1 is 1.24 bits per heavy atom. The zero-order valence-corrected chi connectivity index (χ0v) is 9.90. The van der Waals surface area contributed by atoms with Gasteiger partial charge in [-0.1, -0.05) is 19.1 Å². The van der Waals surface area contributed by atoms with Crippen LogP contribution < -0.4 is 5.32 Å². The van der Waals surface area contributed by atoms with E-state index in [9.17, 15) is 9.59 Å². The highest BCUT2D eigenvalue weighted by atomic mass is 16.4. The number of hydrogen-bond acceptors (Lipinski definition) is 2. The van der Waals surface area contributed by atoms with Crippen LogP contribution in [0, 0.1) is 0 Å². The van der Waals surface area contributed by atoms with E-state index in [2.05, 4.69) is 5.32 Å². The molecule has 0 bridgehead atoms. The van der Waals surface area contributed by atoms with Crippen molar-refractivity contribution in [3.05, 3.63) is 29.8 Å². The van der Waals surface area contributed by atoms with Crippen LogP contribution in [0.1, 0.15) is 31.7 Å². The lowest BCUT2D eigenvalue weighted by Crippen LogP contribution is -2.09. The molecular weight excluding hydrogens is 218 g/mol. The summed E-state index contributed by atoms with van der Waals surface area (Å²) in [6.07, 6.45) is 2.03. The Labute approximate surface area is 101 Å². The van der Waals surface area contributed by atoms with Crippen molar-refractivity contribution >= 4 is 17.6 Å². The van der Waals surface area contributed by atoms with Gasteiger partial charge in [0.1, 0.15) is 0 Å². The van der Waals surface area contributed by atoms with E-state index >= 15 is 0 Å². The predicted octanol–water partition coefficient (Wildman–Crippen LogP) is 2.44. The lowest BCUT2D eigenvalue weighted by atomic mass is 10.1. The molecule has 0 saturated carbocycles. The van der Waals surface area contributed by atoms with Crippen molar-refractivity contribution in [1.82, 2.24) is 0 Å². The molecule has 0 spiro atoms. The number of carbonyl (C=O) groups is 2. The Hall–Kier alpha value is -1.84. The molecule has 0 aliphatic carbocycles. The van der Waals surface area contributed by atoms with Crippen LogP contribution in [0.3, 0.4) is 0 Å². The highest BCUT2D eigenvalue weighted by molar-refractivity contribution is 5.90. The summed E-state index contributed by atoms with van der Waals surface area (Å²) in [5.74, 6) is -0.777. The van der Waals surface area contributed by atoms with Gasteiger partial charge in [-0.05, 0) is 30.5 Å². The second kappa shape index (κ2) is 6.68. The second-order valence-corrected chi connectivity index (χ2v) is 3.85. The number of hydrogen-bond donors (Lipinski definition) is 2. The maximum Gasteiger partial charge on any atom is 0.303 e. The molecular formula is C13H17NO3. The van der Waals surface area contributed by atoms with Gasteiger partial charge in [-0.3, -0.25) is 9.59 Å². The van der Waals surface area contributed by atoms with Crippen molar-refractivity contribution in [2.75, 3.05) is 5.32 Å². The third-order valence-electron chi connectivity index (χ3n) is 2.41. The lowest BCUT2D eigenvalue weighted by molar-refractivity contribution is -0.137. The zero-order chi connectivity index (χ0) is 12.7. The Morgan fingerprint density at radius 2 is 1.88 bits per heavy atom. The van der Waals surface area contributed by atoms with E-state index in [-0.39, 0.29) is 12.3 Å². The molecule has 0 radical (unpaired) electrons. The van der Waals surface area contributed by atoms with Gasteiger partial charge in [0.2, 0.25) is 5.91 Å². The first-order valence-corrected chi connectivity index (χ1v) is 5.72. The molecule has 0 heterocycles. The first kappa shape index (κ1) is 13.2. The third-order valence-corrected chi connectivity index (χ3v) is 2.41. The summed E-state index contributed by atoms with van der Waals surface area (Å²) >= 11 is 0. The second-order valence-electron chi connectivity index (χ2n) is 3.85. The van der Waals surface area contributed by atoms with Crippen LogP contribution in [0.4, 0.5) is 5.69 Å². The molecule has 0 fully saturated rings. The van der Waals surface area contributed by atoms with Gasteiger partial charge in [0.25, 0.3) is 0 Å². The Morgan fingerprint density at radius 3 is 2.41 bits per heavy atom. The number of carboxylic acids is 1. The van der Waals surface area contributed by atoms with Gasteiger partial charge < -0.3 is 10.4 Å². The molecule has 17 heavy (non-hydrogen) atoms. The van der Waals surface area contributed by atoms with E-state index in [4.69, 9.17) is 5.11 Å². The topological polar surface area (TPSA) is 66.4 Å². The quantitative estimate of drug-likeness (QED) is 0.795. The predicted molar refractivity (Wildman–Crippen MR) is 65.9 cm³/mol. The highest BCUT2D eigenvalue weighted by Crippen LogP contribution is 2.12. The average Bonchev–Trinajstić information content (AvgIpc) is 2.31. The molecule has 4 heteroatoms. The van der Waals surface area contributed by atoms with Gasteiger partial charge in [-0.2, -0.15) is 0 Å². The summed E-state index contributed by atoms with van der Waals surface area (Å²) < 4.78 is 0. The molecule has 1 aromatic carbocycles. The van der Waals surface area contributed by atoms with Crippen LogP contribution in [-0.2, 0) is 16.0 Å². The summed E-state index contributed by atoms with van der Waals surface area (Å²) in [5.41, 5.74) is 1.86. The maximum absolute atomic E-state index is 11.1. The molecule has 2 N–H and O–H groups in total. The SMILES string of the molecule is CCC(=O)Nc1ccc(CCCC(=O)O)cc1. The first-order valence-electron chi connectivity index (χ1n) is 5.72. The van der Waals surface area contributed by atoms with E-state index in [0.717, 1.165) is 17.7 Å². The van der Waals surface area contributed by atoms with Crippen molar-refractivity contribution in [2.45, 2.75) is 32.6 Å². The zero-order valence-electron chi connectivity index (χ0n) is 9.90. The minimum absolute atomic E-state index is 0.0105. The van der Waals surface area contributed by atoms with E-state index < -0.39 is 5.97 Å². The number of aliphatic carboxylic acids is 1. The Kier molecular flexibility index (Phi) is 5.20. The van der Waals surface area contributed by atoms with Gasteiger partial charge in [0.15, 0.2) is 0 Å². The van der Waals surface area contributed by atoms with Crippen molar-refractivity contribution in [3.8, 4) is 0 Å². The summed E-state index contributed by atoms with van der Waals surface area (Å²) in [5, 5.41) is 11.3. The van der Waals surface area contributed by atoms with E-state index in [1.165, 1.54) is 0 Å². The van der Waals surface area contributed by atoms with Crippen molar-refractivity contribution in [2.24, 2.45) is 0 Å². The van der Waals surface area contributed by atoms with Gasteiger partial charge in [-0.15, -0.1) is 0 Å². The number of rotatable bonds is 6.